The topological polar surface area (TPSA) is 101 Å². The summed E-state index contributed by atoms with van der Waals surface area (Å²) in [6.07, 6.45) is 6.15. The predicted molar refractivity (Wildman–Crippen MR) is 144 cm³/mol. The molecule has 1 atom stereocenters. The van der Waals surface area contributed by atoms with E-state index in [9.17, 15) is 14.7 Å². The molecule has 37 heavy (non-hydrogen) atoms. The monoisotopic (exact) mass is 541 g/mol. The predicted octanol–water partition coefficient (Wildman–Crippen LogP) is 5.75. The third kappa shape index (κ3) is 7.68. The molecule has 3 N–H and O–H groups in total. The second kappa shape index (κ2) is 12.9. The number of amides is 1. The Kier molecular flexibility index (Phi) is 9.39. The lowest BCUT2D eigenvalue weighted by Crippen LogP contribution is -2.42. The molecule has 194 valence electrons. The van der Waals surface area contributed by atoms with Crippen molar-refractivity contribution in [2.45, 2.75) is 56.9 Å². The molecule has 7 nitrogen and oxygen atoms in total. The van der Waals surface area contributed by atoms with Gasteiger partial charge in [0.25, 0.3) is 5.91 Å². The molecule has 1 amide bonds. The first-order valence-electron chi connectivity index (χ1n) is 12.2. The molecule has 9 heteroatoms. The minimum Gasteiger partial charge on any atom is -0.480 e. The van der Waals surface area contributed by atoms with E-state index in [-0.39, 0.29) is 28.1 Å². The highest BCUT2D eigenvalue weighted by atomic mass is 35.5. The minimum atomic E-state index is -1.14. The quantitative estimate of drug-likeness (QED) is 0.302. The van der Waals surface area contributed by atoms with Crippen molar-refractivity contribution in [1.82, 2.24) is 10.3 Å². The van der Waals surface area contributed by atoms with E-state index in [1.54, 1.807) is 12.3 Å². The van der Waals surface area contributed by atoms with E-state index in [0.29, 0.717) is 12.6 Å². The van der Waals surface area contributed by atoms with Crippen molar-refractivity contribution in [3.05, 3.63) is 93.6 Å². The van der Waals surface area contributed by atoms with Crippen LogP contribution in [0.1, 0.15) is 47.2 Å². The maximum Gasteiger partial charge on any atom is 0.326 e. The number of rotatable bonds is 10. The van der Waals surface area contributed by atoms with Gasteiger partial charge >= 0.3 is 5.97 Å². The van der Waals surface area contributed by atoms with E-state index in [1.165, 1.54) is 12.1 Å². The summed E-state index contributed by atoms with van der Waals surface area (Å²) in [7, 11) is 0. The van der Waals surface area contributed by atoms with Crippen LogP contribution in [0.4, 0.5) is 5.82 Å². The maximum atomic E-state index is 12.6. The fraction of sp³-hybridized carbons (Fsp3) is 0.321. The number of nitrogens with zero attached hydrogens (tertiary/aromatic N) is 1. The van der Waals surface area contributed by atoms with Crippen molar-refractivity contribution in [1.29, 1.82) is 0 Å². The lowest BCUT2D eigenvalue weighted by atomic mass is 9.93. The van der Waals surface area contributed by atoms with Crippen molar-refractivity contribution in [2.75, 3.05) is 5.32 Å². The maximum absolute atomic E-state index is 12.6. The molecular weight excluding hydrogens is 513 g/mol. The van der Waals surface area contributed by atoms with Crippen LogP contribution in [0.3, 0.4) is 0 Å². The van der Waals surface area contributed by atoms with Gasteiger partial charge in [0.2, 0.25) is 0 Å². The van der Waals surface area contributed by atoms with Gasteiger partial charge in [-0.15, -0.1) is 0 Å². The highest BCUT2D eigenvalue weighted by Crippen LogP contribution is 2.25. The molecule has 0 saturated heterocycles. The molecule has 1 heterocycles. The summed E-state index contributed by atoms with van der Waals surface area (Å²) >= 11 is 12.2. The molecule has 3 aromatic rings. The Morgan fingerprint density at radius 3 is 2.24 bits per heavy atom. The normalized spacial score (nSPS) is 18.1. The Balaban J connectivity index is 1.25. The second-order valence-electron chi connectivity index (χ2n) is 9.13. The highest BCUT2D eigenvalue weighted by Gasteiger charge is 2.24. The molecule has 1 unspecified atom stereocenters. The Labute approximate surface area is 226 Å². The SMILES string of the molecule is O=C(NC(Cc1ccc(CO[C@H]2CC[C@@H](Nc3ccccn3)CC2)cc1)C(=O)O)c1c(Cl)cccc1Cl. The molecule has 0 radical (unpaired) electrons. The number of anilines is 1. The van der Waals surface area contributed by atoms with Crippen LogP contribution in [0.25, 0.3) is 0 Å². The second-order valence-corrected chi connectivity index (χ2v) is 9.94. The van der Waals surface area contributed by atoms with Gasteiger partial charge in [-0.2, -0.15) is 0 Å². The van der Waals surface area contributed by atoms with Gasteiger partial charge in [0.1, 0.15) is 11.9 Å². The van der Waals surface area contributed by atoms with E-state index >= 15 is 0 Å². The smallest absolute Gasteiger partial charge is 0.326 e. The molecule has 1 aromatic heterocycles. The number of aromatic nitrogens is 1. The molecule has 1 aliphatic carbocycles. The van der Waals surface area contributed by atoms with Gasteiger partial charge in [0.05, 0.1) is 28.3 Å². The van der Waals surface area contributed by atoms with Gasteiger partial charge in [-0.05, 0) is 61.1 Å². The number of carboxylic acids is 1. The number of carboxylic acid groups (broad SMARTS) is 1. The van der Waals surface area contributed by atoms with E-state index in [4.69, 9.17) is 27.9 Å². The Morgan fingerprint density at radius 1 is 0.946 bits per heavy atom. The first-order valence-corrected chi connectivity index (χ1v) is 13.0. The number of nitrogens with one attached hydrogen (secondary N) is 2. The number of carbonyl (C=O) groups excluding carboxylic acids is 1. The number of hydrogen-bond donors (Lipinski definition) is 3. The van der Waals surface area contributed by atoms with E-state index < -0.39 is 17.9 Å². The van der Waals surface area contributed by atoms with Crippen molar-refractivity contribution < 1.29 is 19.4 Å². The van der Waals surface area contributed by atoms with Crippen LogP contribution in [-0.4, -0.2) is 40.2 Å². The third-order valence-electron chi connectivity index (χ3n) is 6.43. The zero-order chi connectivity index (χ0) is 26.2. The molecule has 1 saturated carbocycles. The number of aliphatic carboxylic acids is 1. The van der Waals surface area contributed by atoms with Crippen LogP contribution < -0.4 is 10.6 Å². The van der Waals surface area contributed by atoms with Crippen molar-refractivity contribution >= 4 is 40.9 Å². The van der Waals surface area contributed by atoms with Crippen LogP contribution in [-0.2, 0) is 22.6 Å². The number of pyridine rings is 1. The summed E-state index contributed by atoms with van der Waals surface area (Å²) in [6.45, 7) is 0.493. The Hall–Kier alpha value is -3.13. The standard InChI is InChI=1S/C28H29Cl2N3O4/c29-22-4-3-5-23(30)26(22)27(34)33-24(28(35)36)16-18-7-9-19(10-8-18)17-37-21-13-11-20(12-14-21)32-25-6-1-2-15-31-25/h1-10,15,20-21,24H,11-14,16-17H2,(H,31,32)(H,33,34)(H,35,36)/t20-,21+,24?. The van der Waals surface area contributed by atoms with Crippen LogP contribution in [0.2, 0.25) is 10.0 Å². The first kappa shape index (κ1) is 26.9. The summed E-state index contributed by atoms with van der Waals surface area (Å²) in [5, 5.41) is 16.0. The van der Waals surface area contributed by atoms with Crippen molar-refractivity contribution in [3.8, 4) is 0 Å². The van der Waals surface area contributed by atoms with Crippen LogP contribution in [0, 0.1) is 0 Å². The molecule has 0 bridgehead atoms. The molecule has 2 aromatic carbocycles. The van der Waals surface area contributed by atoms with E-state index in [1.807, 2.05) is 42.5 Å². The van der Waals surface area contributed by atoms with Gasteiger partial charge in [-0.1, -0.05) is 59.6 Å². The summed E-state index contributed by atoms with van der Waals surface area (Å²) in [4.78, 5) is 28.8. The molecule has 0 aliphatic heterocycles. The molecular formula is C28H29Cl2N3O4. The highest BCUT2D eigenvalue weighted by molar-refractivity contribution is 6.39. The number of hydrogen-bond acceptors (Lipinski definition) is 5. The lowest BCUT2D eigenvalue weighted by molar-refractivity contribution is -0.139. The number of halogens is 2. The van der Waals surface area contributed by atoms with Crippen LogP contribution in [0.5, 0.6) is 0 Å². The van der Waals surface area contributed by atoms with Gasteiger partial charge in [-0.3, -0.25) is 4.79 Å². The first-order chi connectivity index (χ1) is 17.9. The molecule has 4 rings (SSSR count). The van der Waals surface area contributed by atoms with Crippen molar-refractivity contribution in [3.63, 3.8) is 0 Å². The minimum absolute atomic E-state index is 0.0612. The zero-order valence-electron chi connectivity index (χ0n) is 20.2. The van der Waals surface area contributed by atoms with E-state index in [2.05, 4.69) is 15.6 Å². The van der Waals surface area contributed by atoms with Crippen molar-refractivity contribution in [2.24, 2.45) is 0 Å². The van der Waals surface area contributed by atoms with Crippen LogP contribution in [0.15, 0.2) is 66.9 Å². The van der Waals surface area contributed by atoms with Crippen LogP contribution >= 0.6 is 23.2 Å². The summed E-state index contributed by atoms with van der Waals surface area (Å²) in [5.74, 6) is -0.862. The fourth-order valence-electron chi connectivity index (χ4n) is 4.40. The summed E-state index contributed by atoms with van der Waals surface area (Å²) in [5.41, 5.74) is 1.85. The number of ether oxygens (including phenoxy) is 1. The average Bonchev–Trinajstić information content (AvgIpc) is 2.89. The Morgan fingerprint density at radius 2 is 1.62 bits per heavy atom. The number of benzene rings is 2. The van der Waals surface area contributed by atoms with Gasteiger partial charge in [0, 0.05) is 18.7 Å². The third-order valence-corrected chi connectivity index (χ3v) is 7.06. The van der Waals surface area contributed by atoms with Gasteiger partial charge in [-0.25, -0.2) is 9.78 Å². The number of carbonyl (C=O) groups is 2. The van der Waals surface area contributed by atoms with E-state index in [0.717, 1.165) is 42.6 Å². The molecule has 1 fully saturated rings. The zero-order valence-corrected chi connectivity index (χ0v) is 21.7. The van der Waals surface area contributed by atoms with Gasteiger partial charge in [0.15, 0.2) is 0 Å². The largest absolute Gasteiger partial charge is 0.480 e. The fourth-order valence-corrected chi connectivity index (χ4v) is 4.97. The Bertz CT molecular complexity index is 1180. The molecule has 0 spiro atoms. The molecule has 1 aliphatic rings. The summed E-state index contributed by atoms with van der Waals surface area (Å²) in [6, 6.07) is 17.4. The summed E-state index contributed by atoms with van der Waals surface area (Å²) < 4.78 is 6.13. The lowest BCUT2D eigenvalue weighted by Gasteiger charge is -2.29. The van der Waals surface area contributed by atoms with Gasteiger partial charge < -0.3 is 20.5 Å². The average molecular weight is 542 g/mol.